The molecule has 22 heavy (non-hydrogen) atoms. The second-order valence-electron chi connectivity index (χ2n) is 5.55. The fraction of sp³-hybridized carbons (Fsp3) is 0.533. The fourth-order valence-electron chi connectivity index (χ4n) is 2.38. The van der Waals surface area contributed by atoms with Gasteiger partial charge in [-0.3, -0.25) is 9.96 Å². The molecule has 1 aromatic rings. The minimum atomic E-state index is -3.76. The Morgan fingerprint density at radius 3 is 2.45 bits per heavy atom. The Balaban J connectivity index is 0.000000220. The van der Waals surface area contributed by atoms with E-state index in [1.807, 2.05) is 37.3 Å². The molecule has 2 rings (SSSR count). The molecular formula is C15H24N2O3S2. The topological polar surface area (TPSA) is 104 Å². The third-order valence-corrected chi connectivity index (χ3v) is 5.61. The number of benzene rings is 1. The minimum absolute atomic E-state index is 0.175. The molecule has 0 aromatic heterocycles. The lowest BCUT2D eigenvalue weighted by atomic mass is 9.91. The summed E-state index contributed by atoms with van der Waals surface area (Å²) in [6.07, 6.45) is 3.26. The summed E-state index contributed by atoms with van der Waals surface area (Å²) in [6.45, 7) is 2.03. The molecule has 0 radical (unpaired) electrons. The first-order valence-electron chi connectivity index (χ1n) is 7.26. The van der Waals surface area contributed by atoms with Crippen molar-refractivity contribution in [3.63, 3.8) is 0 Å². The van der Waals surface area contributed by atoms with Gasteiger partial charge in [-0.15, -0.1) is 0 Å². The van der Waals surface area contributed by atoms with Crippen LogP contribution in [0.5, 0.6) is 0 Å². The highest BCUT2D eigenvalue weighted by Gasteiger charge is 2.28. The predicted octanol–water partition coefficient (Wildman–Crippen LogP) is 3.27. The normalized spacial score (nSPS) is 21.5. The molecule has 0 aliphatic heterocycles. The second kappa shape index (κ2) is 9.17. The molecule has 1 aromatic carbocycles. The summed E-state index contributed by atoms with van der Waals surface area (Å²) in [7, 11) is -3.76. The molecule has 2 atom stereocenters. The molecule has 1 aliphatic rings. The summed E-state index contributed by atoms with van der Waals surface area (Å²) in [5.74, 6) is 1.23. The van der Waals surface area contributed by atoms with Crippen molar-refractivity contribution in [2.75, 3.05) is 0 Å². The minimum Gasteiger partial charge on any atom is -0.379 e. The van der Waals surface area contributed by atoms with Gasteiger partial charge in [0.1, 0.15) is 0 Å². The van der Waals surface area contributed by atoms with Crippen molar-refractivity contribution < 1.29 is 13.0 Å². The number of nitrogens with one attached hydrogen (secondary N) is 1. The lowest BCUT2D eigenvalue weighted by Crippen LogP contribution is -2.26. The molecule has 0 saturated heterocycles. The van der Waals surface area contributed by atoms with E-state index in [-0.39, 0.29) is 5.17 Å². The van der Waals surface area contributed by atoms with Gasteiger partial charge in [0.05, 0.1) is 5.25 Å². The van der Waals surface area contributed by atoms with Gasteiger partial charge in [-0.05, 0) is 24.3 Å². The molecule has 5 nitrogen and oxygen atoms in total. The first-order valence-corrected chi connectivity index (χ1v) is 9.75. The van der Waals surface area contributed by atoms with Crippen LogP contribution in [0.4, 0.5) is 0 Å². The summed E-state index contributed by atoms with van der Waals surface area (Å²) in [6, 6.07) is 9.99. The van der Waals surface area contributed by atoms with Gasteiger partial charge in [0, 0.05) is 5.75 Å². The van der Waals surface area contributed by atoms with Crippen molar-refractivity contribution >= 4 is 27.0 Å². The predicted molar refractivity (Wildman–Crippen MR) is 92.6 cm³/mol. The van der Waals surface area contributed by atoms with Crippen molar-refractivity contribution in [2.45, 2.75) is 43.6 Å². The molecule has 0 bridgehead atoms. The number of amidine groups is 1. The molecule has 1 aliphatic carbocycles. The van der Waals surface area contributed by atoms with Gasteiger partial charge in [0.15, 0.2) is 5.17 Å². The third-order valence-electron chi connectivity index (χ3n) is 3.55. The molecule has 0 heterocycles. The number of rotatable bonds is 3. The van der Waals surface area contributed by atoms with Gasteiger partial charge in [0.25, 0.3) is 10.1 Å². The standard InChI is InChI=1S/C8H10N2S.C7H14O3S/c9-8(10)11-6-7-4-2-1-3-5-7;1-6-3-2-4-7(5-6)11(8,9)10/h1-5H,6H2,(H3,9,10);6-7H,2-5H2,1H3,(H,8,9,10)/t;6-,7+/m.0/s1. The molecule has 0 amide bonds. The van der Waals surface area contributed by atoms with E-state index in [0.717, 1.165) is 18.6 Å². The fourth-order valence-corrected chi connectivity index (χ4v) is 3.94. The van der Waals surface area contributed by atoms with Crippen molar-refractivity contribution in [1.29, 1.82) is 5.41 Å². The van der Waals surface area contributed by atoms with Crippen LogP contribution in [0.15, 0.2) is 30.3 Å². The summed E-state index contributed by atoms with van der Waals surface area (Å²) < 4.78 is 30.1. The van der Waals surface area contributed by atoms with Gasteiger partial charge in [-0.2, -0.15) is 8.42 Å². The van der Waals surface area contributed by atoms with E-state index in [4.69, 9.17) is 15.7 Å². The van der Waals surface area contributed by atoms with E-state index in [0.29, 0.717) is 18.8 Å². The highest BCUT2D eigenvalue weighted by Crippen LogP contribution is 2.27. The largest absolute Gasteiger partial charge is 0.379 e. The van der Waals surface area contributed by atoms with Crippen LogP contribution in [-0.2, 0) is 15.9 Å². The lowest BCUT2D eigenvalue weighted by Gasteiger charge is -2.23. The van der Waals surface area contributed by atoms with Crippen LogP contribution in [-0.4, -0.2) is 23.4 Å². The Labute approximate surface area is 136 Å². The highest BCUT2D eigenvalue weighted by molar-refractivity contribution is 8.13. The SMILES string of the molecule is C[C@H]1CCC[C@@H](S(=O)(=O)O)C1.N=C(N)SCc1ccccc1. The molecule has 0 unspecified atom stereocenters. The summed E-state index contributed by atoms with van der Waals surface area (Å²) in [5, 5.41) is 6.67. The maximum atomic E-state index is 10.7. The third kappa shape index (κ3) is 7.82. The molecule has 124 valence electrons. The highest BCUT2D eigenvalue weighted by atomic mass is 32.2. The van der Waals surface area contributed by atoms with E-state index >= 15 is 0 Å². The molecule has 7 heteroatoms. The second-order valence-corrected chi connectivity index (χ2v) is 8.26. The van der Waals surface area contributed by atoms with Crippen molar-refractivity contribution in [3.8, 4) is 0 Å². The molecule has 0 spiro atoms. The molecule has 1 fully saturated rings. The van der Waals surface area contributed by atoms with Crippen molar-refractivity contribution in [2.24, 2.45) is 11.7 Å². The zero-order valence-corrected chi connectivity index (χ0v) is 14.4. The van der Waals surface area contributed by atoms with Gasteiger partial charge in [0.2, 0.25) is 0 Å². The van der Waals surface area contributed by atoms with Gasteiger partial charge < -0.3 is 5.73 Å². The number of hydrogen-bond acceptors (Lipinski definition) is 4. The molecule has 4 N–H and O–H groups in total. The Kier molecular flexibility index (Phi) is 7.92. The Morgan fingerprint density at radius 2 is 2.00 bits per heavy atom. The van der Waals surface area contributed by atoms with E-state index in [2.05, 4.69) is 0 Å². The van der Waals surface area contributed by atoms with Gasteiger partial charge in [-0.1, -0.05) is 61.9 Å². The van der Waals surface area contributed by atoms with Crippen LogP contribution >= 0.6 is 11.8 Å². The van der Waals surface area contributed by atoms with Crippen molar-refractivity contribution in [3.05, 3.63) is 35.9 Å². The first-order chi connectivity index (χ1) is 10.3. The smallest absolute Gasteiger partial charge is 0.267 e. The van der Waals surface area contributed by atoms with E-state index in [1.54, 1.807) is 0 Å². The number of thioether (sulfide) groups is 1. The maximum absolute atomic E-state index is 10.7. The average Bonchev–Trinajstić information content (AvgIpc) is 2.46. The molecular weight excluding hydrogens is 320 g/mol. The summed E-state index contributed by atoms with van der Waals surface area (Å²) in [4.78, 5) is 0. The number of nitrogens with two attached hydrogens (primary N) is 1. The van der Waals surface area contributed by atoms with Crippen molar-refractivity contribution in [1.82, 2.24) is 0 Å². The van der Waals surface area contributed by atoms with Crippen LogP contribution in [0.1, 0.15) is 38.2 Å². The van der Waals surface area contributed by atoms with Crippen LogP contribution < -0.4 is 5.73 Å². The summed E-state index contributed by atoms with van der Waals surface area (Å²) in [5.41, 5.74) is 6.39. The quantitative estimate of drug-likeness (QED) is 0.443. The zero-order valence-electron chi connectivity index (χ0n) is 12.7. The monoisotopic (exact) mass is 344 g/mol. The molecule has 1 saturated carbocycles. The Morgan fingerprint density at radius 1 is 1.36 bits per heavy atom. The van der Waals surface area contributed by atoms with Gasteiger partial charge >= 0.3 is 0 Å². The van der Waals surface area contributed by atoms with Crippen LogP contribution in [0.3, 0.4) is 0 Å². The first kappa shape index (κ1) is 19.0. The van der Waals surface area contributed by atoms with E-state index in [9.17, 15) is 8.42 Å². The van der Waals surface area contributed by atoms with Crippen LogP contribution in [0.25, 0.3) is 0 Å². The zero-order chi connectivity index (χ0) is 16.6. The summed E-state index contributed by atoms with van der Waals surface area (Å²) >= 11 is 1.35. The lowest BCUT2D eigenvalue weighted by molar-refractivity contribution is 0.361. The van der Waals surface area contributed by atoms with Crippen LogP contribution in [0.2, 0.25) is 0 Å². The Bertz CT molecular complexity index is 561. The Hall–Kier alpha value is -1.05. The average molecular weight is 345 g/mol. The van der Waals surface area contributed by atoms with E-state index in [1.165, 1.54) is 17.3 Å². The maximum Gasteiger partial charge on any atom is 0.267 e. The number of hydrogen-bond donors (Lipinski definition) is 3. The van der Waals surface area contributed by atoms with Crippen LogP contribution in [0, 0.1) is 11.3 Å². The van der Waals surface area contributed by atoms with Gasteiger partial charge in [-0.25, -0.2) is 0 Å². The van der Waals surface area contributed by atoms with E-state index < -0.39 is 15.4 Å².